The number of ether oxygens (including phenoxy) is 1. The summed E-state index contributed by atoms with van der Waals surface area (Å²) in [6, 6.07) is 0. The van der Waals surface area contributed by atoms with Crippen LogP contribution < -0.4 is 5.73 Å². The molecule has 0 unspecified atom stereocenters. The molecule has 1 saturated heterocycles. The van der Waals surface area contributed by atoms with Gasteiger partial charge in [-0.1, -0.05) is 6.92 Å². The lowest BCUT2D eigenvalue weighted by Crippen LogP contribution is -2.22. The van der Waals surface area contributed by atoms with Gasteiger partial charge in [-0.2, -0.15) is 5.10 Å². The number of nitrogen functional groups attached to an aromatic ring is 1. The minimum Gasteiger partial charge on any atom is -0.477 e. The molecular formula is C12H19N3O3. The number of aromatic nitrogens is 2. The van der Waals surface area contributed by atoms with Crippen molar-refractivity contribution in [2.45, 2.75) is 32.7 Å². The summed E-state index contributed by atoms with van der Waals surface area (Å²) in [4.78, 5) is 11.2. The zero-order valence-corrected chi connectivity index (χ0v) is 10.6. The van der Waals surface area contributed by atoms with Crippen LogP contribution in [0, 0.1) is 5.92 Å². The topological polar surface area (TPSA) is 90.4 Å². The highest BCUT2D eigenvalue weighted by Crippen LogP contribution is 2.22. The summed E-state index contributed by atoms with van der Waals surface area (Å²) in [5, 5.41) is 13.5. The maximum atomic E-state index is 11.2. The standard InChI is InChI=1S/C12H19N3O3/c1-2-9-10(12(16)17)11(13)15(14-9)7-8-3-5-18-6-4-8/h8H,2-7,13H2,1H3,(H,16,17). The Labute approximate surface area is 106 Å². The predicted octanol–water partition coefficient (Wildman–Crippen LogP) is 1.15. The minimum atomic E-state index is -0.998. The lowest BCUT2D eigenvalue weighted by molar-refractivity contribution is 0.0602. The molecule has 0 radical (unpaired) electrons. The molecule has 3 N–H and O–H groups in total. The predicted molar refractivity (Wildman–Crippen MR) is 66.5 cm³/mol. The van der Waals surface area contributed by atoms with Crippen LogP contribution in [0.15, 0.2) is 0 Å². The lowest BCUT2D eigenvalue weighted by atomic mass is 10.0. The van der Waals surface area contributed by atoms with Crippen LogP contribution in [-0.4, -0.2) is 34.1 Å². The second kappa shape index (κ2) is 5.39. The van der Waals surface area contributed by atoms with Gasteiger partial charge >= 0.3 is 5.97 Å². The van der Waals surface area contributed by atoms with Crippen molar-refractivity contribution in [2.75, 3.05) is 18.9 Å². The number of hydrogen-bond donors (Lipinski definition) is 2. The van der Waals surface area contributed by atoms with Crippen LogP contribution in [0.5, 0.6) is 0 Å². The van der Waals surface area contributed by atoms with Crippen molar-refractivity contribution in [2.24, 2.45) is 5.92 Å². The molecule has 0 bridgehead atoms. The quantitative estimate of drug-likeness (QED) is 0.840. The van der Waals surface area contributed by atoms with Gasteiger partial charge in [0.2, 0.25) is 0 Å². The van der Waals surface area contributed by atoms with E-state index in [0.29, 0.717) is 24.6 Å². The second-order valence-electron chi connectivity index (χ2n) is 4.60. The first-order chi connectivity index (χ1) is 8.63. The molecule has 1 aliphatic heterocycles. The van der Waals surface area contributed by atoms with Crippen molar-refractivity contribution in [3.63, 3.8) is 0 Å². The summed E-state index contributed by atoms with van der Waals surface area (Å²) >= 11 is 0. The van der Waals surface area contributed by atoms with E-state index in [1.165, 1.54) is 0 Å². The molecule has 0 amide bonds. The minimum absolute atomic E-state index is 0.157. The van der Waals surface area contributed by atoms with E-state index in [0.717, 1.165) is 26.1 Å². The summed E-state index contributed by atoms with van der Waals surface area (Å²) in [5.41, 5.74) is 6.61. The fourth-order valence-corrected chi connectivity index (χ4v) is 2.32. The van der Waals surface area contributed by atoms with Crippen LogP contribution in [0.1, 0.15) is 35.8 Å². The molecule has 0 atom stereocenters. The molecule has 6 nitrogen and oxygen atoms in total. The van der Waals surface area contributed by atoms with Gasteiger partial charge in [-0.05, 0) is 25.2 Å². The molecule has 1 fully saturated rings. The Bertz CT molecular complexity index is 436. The molecule has 0 spiro atoms. The van der Waals surface area contributed by atoms with Gasteiger partial charge in [-0.15, -0.1) is 0 Å². The molecule has 1 aromatic rings. The summed E-state index contributed by atoms with van der Waals surface area (Å²) in [6.07, 6.45) is 2.53. The number of aromatic carboxylic acids is 1. The highest BCUT2D eigenvalue weighted by Gasteiger charge is 2.22. The molecule has 18 heavy (non-hydrogen) atoms. The molecule has 0 aromatic carbocycles. The molecule has 1 aromatic heterocycles. The van der Waals surface area contributed by atoms with E-state index in [2.05, 4.69) is 5.10 Å². The van der Waals surface area contributed by atoms with Gasteiger partial charge in [0, 0.05) is 19.8 Å². The largest absolute Gasteiger partial charge is 0.477 e. The lowest BCUT2D eigenvalue weighted by Gasteiger charge is -2.22. The highest BCUT2D eigenvalue weighted by atomic mass is 16.5. The third-order valence-corrected chi connectivity index (χ3v) is 3.38. The Kier molecular flexibility index (Phi) is 3.86. The van der Waals surface area contributed by atoms with Gasteiger partial charge in [0.05, 0.1) is 5.69 Å². The van der Waals surface area contributed by atoms with Gasteiger partial charge in [0.1, 0.15) is 11.4 Å². The van der Waals surface area contributed by atoms with Crippen LogP contribution in [0.4, 0.5) is 5.82 Å². The Balaban J connectivity index is 2.19. The zero-order chi connectivity index (χ0) is 13.1. The van der Waals surface area contributed by atoms with Crippen LogP contribution in [0.3, 0.4) is 0 Å². The molecule has 2 heterocycles. The summed E-state index contributed by atoms with van der Waals surface area (Å²) in [7, 11) is 0. The number of carboxylic acid groups (broad SMARTS) is 1. The normalized spacial score (nSPS) is 16.9. The Morgan fingerprint density at radius 3 is 2.72 bits per heavy atom. The summed E-state index contributed by atoms with van der Waals surface area (Å²) < 4.78 is 6.94. The van der Waals surface area contributed by atoms with E-state index >= 15 is 0 Å². The molecule has 0 saturated carbocycles. The average Bonchev–Trinajstić information content (AvgIpc) is 2.67. The molecular weight excluding hydrogens is 234 g/mol. The number of carbonyl (C=O) groups is 1. The van der Waals surface area contributed by atoms with Crippen molar-refractivity contribution in [3.05, 3.63) is 11.3 Å². The van der Waals surface area contributed by atoms with E-state index in [1.807, 2.05) is 6.92 Å². The molecule has 100 valence electrons. The van der Waals surface area contributed by atoms with Crippen molar-refractivity contribution in [3.8, 4) is 0 Å². The van der Waals surface area contributed by atoms with E-state index in [4.69, 9.17) is 15.6 Å². The van der Waals surface area contributed by atoms with Gasteiger partial charge in [-0.3, -0.25) is 0 Å². The van der Waals surface area contributed by atoms with E-state index < -0.39 is 5.97 Å². The van der Waals surface area contributed by atoms with Crippen LogP contribution in [0.25, 0.3) is 0 Å². The fraction of sp³-hybridized carbons (Fsp3) is 0.667. The van der Waals surface area contributed by atoms with E-state index in [1.54, 1.807) is 4.68 Å². The monoisotopic (exact) mass is 253 g/mol. The van der Waals surface area contributed by atoms with E-state index in [9.17, 15) is 4.79 Å². The van der Waals surface area contributed by atoms with Gasteiger partial charge in [0.15, 0.2) is 0 Å². The van der Waals surface area contributed by atoms with Gasteiger partial charge in [0.25, 0.3) is 0 Å². The number of carboxylic acids is 1. The summed E-state index contributed by atoms with van der Waals surface area (Å²) in [5.74, 6) is -0.263. The van der Waals surface area contributed by atoms with Gasteiger partial charge < -0.3 is 15.6 Å². The third kappa shape index (κ3) is 2.48. The maximum absolute atomic E-state index is 11.2. The highest BCUT2D eigenvalue weighted by molar-refractivity contribution is 5.94. The maximum Gasteiger partial charge on any atom is 0.341 e. The Morgan fingerprint density at radius 2 is 2.22 bits per heavy atom. The summed E-state index contributed by atoms with van der Waals surface area (Å²) in [6.45, 7) is 4.08. The molecule has 6 heteroatoms. The SMILES string of the molecule is CCc1nn(CC2CCOCC2)c(N)c1C(=O)O. The van der Waals surface area contributed by atoms with Crippen LogP contribution in [0.2, 0.25) is 0 Å². The Morgan fingerprint density at radius 1 is 1.56 bits per heavy atom. The van der Waals surface area contributed by atoms with Crippen LogP contribution in [-0.2, 0) is 17.7 Å². The number of aryl methyl sites for hydroxylation is 1. The van der Waals surface area contributed by atoms with Crippen LogP contribution >= 0.6 is 0 Å². The number of nitrogens with two attached hydrogens (primary N) is 1. The van der Waals surface area contributed by atoms with Gasteiger partial charge in [-0.25, -0.2) is 9.48 Å². The molecule has 1 aliphatic rings. The first kappa shape index (κ1) is 12.9. The van der Waals surface area contributed by atoms with E-state index in [-0.39, 0.29) is 11.4 Å². The molecule has 0 aliphatic carbocycles. The fourth-order valence-electron chi connectivity index (χ4n) is 2.32. The smallest absolute Gasteiger partial charge is 0.341 e. The van der Waals surface area contributed by atoms with Crippen molar-refractivity contribution in [1.82, 2.24) is 9.78 Å². The number of nitrogens with zero attached hydrogens (tertiary/aromatic N) is 2. The molecule has 2 rings (SSSR count). The van der Waals surface area contributed by atoms with Crippen molar-refractivity contribution < 1.29 is 14.6 Å². The second-order valence-corrected chi connectivity index (χ2v) is 4.60. The number of anilines is 1. The first-order valence-electron chi connectivity index (χ1n) is 6.29. The third-order valence-electron chi connectivity index (χ3n) is 3.38. The van der Waals surface area contributed by atoms with Crippen molar-refractivity contribution in [1.29, 1.82) is 0 Å². The zero-order valence-electron chi connectivity index (χ0n) is 10.6. The van der Waals surface area contributed by atoms with Crippen molar-refractivity contribution >= 4 is 11.8 Å². The first-order valence-corrected chi connectivity index (χ1v) is 6.29. The number of rotatable bonds is 4. The number of hydrogen-bond acceptors (Lipinski definition) is 4. The average molecular weight is 253 g/mol. The Hall–Kier alpha value is -1.56.